The van der Waals surface area contributed by atoms with E-state index >= 15 is 0 Å². The summed E-state index contributed by atoms with van der Waals surface area (Å²) in [7, 11) is 0. The first-order chi connectivity index (χ1) is 13.3. The summed E-state index contributed by atoms with van der Waals surface area (Å²) in [5, 5.41) is 5.86. The summed E-state index contributed by atoms with van der Waals surface area (Å²) in [6, 6.07) is 7.84. The Labute approximate surface area is 168 Å². The monoisotopic (exact) mass is 390 g/mol. The van der Waals surface area contributed by atoms with Gasteiger partial charge in [-0.05, 0) is 45.4 Å². The molecule has 1 aliphatic rings. The van der Waals surface area contributed by atoms with Gasteiger partial charge in [-0.15, -0.1) is 0 Å². The molecule has 1 atom stereocenters. The highest BCUT2D eigenvalue weighted by atomic mass is 16.5. The second-order valence-corrected chi connectivity index (χ2v) is 7.67. The molecule has 1 aromatic rings. The van der Waals surface area contributed by atoms with Crippen molar-refractivity contribution in [3.05, 3.63) is 29.8 Å². The Hall–Kier alpha value is -2.12. The van der Waals surface area contributed by atoms with Gasteiger partial charge < -0.3 is 15.4 Å². The van der Waals surface area contributed by atoms with Gasteiger partial charge in [-0.25, -0.2) is 0 Å². The molecular weight excluding hydrogens is 356 g/mol. The SMILES string of the molecule is Cc1cccc(OCCNC(=O)C(C)N2CCN(CC(=O)NC(C)C)CC2)c1. The van der Waals surface area contributed by atoms with Crippen LogP contribution in [0, 0.1) is 6.92 Å². The Kier molecular flexibility index (Phi) is 8.73. The van der Waals surface area contributed by atoms with Crippen molar-refractivity contribution in [3.8, 4) is 5.75 Å². The van der Waals surface area contributed by atoms with Gasteiger partial charge in [0, 0.05) is 32.2 Å². The molecular formula is C21H34N4O3. The number of carbonyl (C=O) groups excluding carboxylic acids is 2. The first-order valence-corrected chi connectivity index (χ1v) is 10.1. The summed E-state index contributed by atoms with van der Waals surface area (Å²) in [5.74, 6) is 0.890. The first kappa shape index (κ1) is 22.2. The van der Waals surface area contributed by atoms with Crippen LogP contribution in [0.1, 0.15) is 26.3 Å². The van der Waals surface area contributed by atoms with Crippen LogP contribution in [0.25, 0.3) is 0 Å². The Morgan fingerprint density at radius 3 is 2.50 bits per heavy atom. The second kappa shape index (κ2) is 11.0. The molecule has 0 bridgehead atoms. The highest BCUT2D eigenvalue weighted by Crippen LogP contribution is 2.12. The number of carbonyl (C=O) groups is 2. The second-order valence-electron chi connectivity index (χ2n) is 7.67. The number of ether oxygens (including phenoxy) is 1. The lowest BCUT2D eigenvalue weighted by atomic mass is 10.2. The maximum Gasteiger partial charge on any atom is 0.237 e. The van der Waals surface area contributed by atoms with Gasteiger partial charge in [0.15, 0.2) is 0 Å². The van der Waals surface area contributed by atoms with Gasteiger partial charge in [0.1, 0.15) is 12.4 Å². The third-order valence-electron chi connectivity index (χ3n) is 4.81. The van der Waals surface area contributed by atoms with Gasteiger partial charge in [0.25, 0.3) is 0 Å². The number of nitrogens with zero attached hydrogens (tertiary/aromatic N) is 2. The topological polar surface area (TPSA) is 73.9 Å². The lowest BCUT2D eigenvalue weighted by Gasteiger charge is -2.37. The van der Waals surface area contributed by atoms with E-state index in [-0.39, 0.29) is 23.9 Å². The number of benzene rings is 1. The lowest BCUT2D eigenvalue weighted by molar-refractivity contribution is -0.128. The Bertz CT molecular complexity index is 642. The van der Waals surface area contributed by atoms with E-state index in [4.69, 9.17) is 4.74 Å². The molecule has 0 aromatic heterocycles. The van der Waals surface area contributed by atoms with Crippen molar-refractivity contribution in [2.24, 2.45) is 0 Å². The number of rotatable bonds is 9. The molecule has 1 fully saturated rings. The van der Waals surface area contributed by atoms with Crippen LogP contribution in [0.4, 0.5) is 0 Å². The molecule has 1 unspecified atom stereocenters. The fraction of sp³-hybridized carbons (Fsp3) is 0.619. The normalized spacial score (nSPS) is 16.6. The number of aryl methyl sites for hydroxylation is 1. The van der Waals surface area contributed by atoms with Gasteiger partial charge in [0.05, 0.1) is 19.1 Å². The summed E-state index contributed by atoms with van der Waals surface area (Å²) in [5.41, 5.74) is 1.15. The molecule has 7 nitrogen and oxygen atoms in total. The van der Waals surface area contributed by atoms with Gasteiger partial charge in [-0.1, -0.05) is 12.1 Å². The van der Waals surface area contributed by atoms with Crippen molar-refractivity contribution < 1.29 is 14.3 Å². The fourth-order valence-electron chi connectivity index (χ4n) is 3.24. The summed E-state index contributed by atoms with van der Waals surface area (Å²) >= 11 is 0. The summed E-state index contributed by atoms with van der Waals surface area (Å²) in [6.45, 7) is 12.4. The molecule has 2 N–H and O–H groups in total. The zero-order valence-electron chi connectivity index (χ0n) is 17.5. The number of piperazine rings is 1. The number of hydrogen-bond acceptors (Lipinski definition) is 5. The van der Waals surface area contributed by atoms with E-state index in [1.165, 1.54) is 0 Å². The summed E-state index contributed by atoms with van der Waals surface area (Å²) in [6.07, 6.45) is 0. The van der Waals surface area contributed by atoms with Crippen molar-refractivity contribution in [3.63, 3.8) is 0 Å². The van der Waals surface area contributed by atoms with Crippen molar-refractivity contribution in [1.29, 1.82) is 0 Å². The minimum absolute atomic E-state index is 0.0128. The highest BCUT2D eigenvalue weighted by molar-refractivity contribution is 5.81. The van der Waals surface area contributed by atoms with Crippen LogP contribution in [-0.2, 0) is 9.59 Å². The summed E-state index contributed by atoms with van der Waals surface area (Å²) in [4.78, 5) is 28.6. The minimum Gasteiger partial charge on any atom is -0.492 e. The largest absolute Gasteiger partial charge is 0.492 e. The average Bonchev–Trinajstić information content (AvgIpc) is 2.64. The van der Waals surface area contributed by atoms with Gasteiger partial charge in [-0.3, -0.25) is 19.4 Å². The van der Waals surface area contributed by atoms with E-state index in [0.29, 0.717) is 19.7 Å². The van der Waals surface area contributed by atoms with Crippen LogP contribution in [0.15, 0.2) is 24.3 Å². The minimum atomic E-state index is -0.189. The van der Waals surface area contributed by atoms with Crippen molar-refractivity contribution in [2.45, 2.75) is 39.8 Å². The molecule has 2 rings (SSSR count). The fourth-order valence-corrected chi connectivity index (χ4v) is 3.24. The molecule has 1 aliphatic heterocycles. The van der Waals surface area contributed by atoms with Gasteiger partial charge >= 0.3 is 0 Å². The van der Waals surface area contributed by atoms with Crippen molar-refractivity contribution in [1.82, 2.24) is 20.4 Å². The van der Waals surface area contributed by atoms with Gasteiger partial charge in [0.2, 0.25) is 11.8 Å². The van der Waals surface area contributed by atoms with Crippen LogP contribution >= 0.6 is 0 Å². The van der Waals surface area contributed by atoms with Crippen LogP contribution in [0.2, 0.25) is 0 Å². The zero-order valence-corrected chi connectivity index (χ0v) is 17.5. The molecule has 0 spiro atoms. The van der Waals surface area contributed by atoms with E-state index < -0.39 is 0 Å². The van der Waals surface area contributed by atoms with Crippen LogP contribution in [0.3, 0.4) is 0 Å². The standard InChI is InChI=1S/C21H34N4O3/c1-16(2)23-20(26)15-24-9-11-25(12-10-24)18(4)21(27)22-8-13-28-19-7-5-6-17(3)14-19/h5-7,14,16,18H,8-13,15H2,1-4H3,(H,22,27)(H,23,26). The molecule has 0 radical (unpaired) electrons. The maximum absolute atomic E-state index is 12.4. The lowest BCUT2D eigenvalue weighted by Crippen LogP contribution is -2.55. The predicted molar refractivity (Wildman–Crippen MR) is 110 cm³/mol. The maximum atomic E-state index is 12.4. The van der Waals surface area contributed by atoms with E-state index in [9.17, 15) is 9.59 Å². The molecule has 1 heterocycles. The van der Waals surface area contributed by atoms with Gasteiger partial charge in [-0.2, -0.15) is 0 Å². The molecule has 1 saturated heterocycles. The number of nitrogens with one attached hydrogen (secondary N) is 2. The first-order valence-electron chi connectivity index (χ1n) is 10.1. The van der Waals surface area contributed by atoms with Crippen molar-refractivity contribution in [2.75, 3.05) is 45.9 Å². The predicted octanol–water partition coefficient (Wildman–Crippen LogP) is 1.02. The Balaban J connectivity index is 1.64. The molecule has 2 amide bonds. The average molecular weight is 391 g/mol. The van der Waals surface area contributed by atoms with Crippen LogP contribution < -0.4 is 15.4 Å². The van der Waals surface area contributed by atoms with Crippen LogP contribution in [0.5, 0.6) is 5.75 Å². The zero-order chi connectivity index (χ0) is 20.5. The third kappa shape index (κ3) is 7.48. The molecule has 28 heavy (non-hydrogen) atoms. The van der Waals surface area contributed by atoms with E-state index in [1.54, 1.807) is 0 Å². The molecule has 0 saturated carbocycles. The summed E-state index contributed by atoms with van der Waals surface area (Å²) < 4.78 is 5.67. The molecule has 1 aromatic carbocycles. The smallest absolute Gasteiger partial charge is 0.237 e. The molecule has 0 aliphatic carbocycles. The van der Waals surface area contributed by atoms with Crippen molar-refractivity contribution >= 4 is 11.8 Å². The van der Waals surface area contributed by atoms with E-state index in [0.717, 1.165) is 37.5 Å². The number of amides is 2. The van der Waals surface area contributed by atoms with E-state index in [1.807, 2.05) is 52.0 Å². The quantitative estimate of drug-likeness (QED) is 0.616. The van der Waals surface area contributed by atoms with Crippen LogP contribution in [-0.4, -0.2) is 79.6 Å². The Morgan fingerprint density at radius 2 is 1.86 bits per heavy atom. The number of hydrogen-bond donors (Lipinski definition) is 2. The third-order valence-corrected chi connectivity index (χ3v) is 4.81. The Morgan fingerprint density at radius 1 is 1.14 bits per heavy atom. The highest BCUT2D eigenvalue weighted by Gasteiger charge is 2.26. The van der Waals surface area contributed by atoms with E-state index in [2.05, 4.69) is 20.4 Å². The molecule has 156 valence electrons. The molecule has 7 heteroatoms.